The van der Waals surface area contributed by atoms with Crippen molar-refractivity contribution in [3.8, 4) is 0 Å². The van der Waals surface area contributed by atoms with Crippen LogP contribution in [-0.2, 0) is 10.0 Å². The zero-order chi connectivity index (χ0) is 14.0. The largest absolute Gasteiger partial charge is 0.395 e. The average molecular weight is 305 g/mol. The SMILES string of the molecule is CC1CCCN(S(=O)(=O)c2ccc(Cl)nc2)C1CO. The number of piperidine rings is 1. The molecule has 1 aliphatic rings. The first-order chi connectivity index (χ1) is 8.96. The molecule has 0 bridgehead atoms. The molecular weight excluding hydrogens is 288 g/mol. The number of sulfonamides is 1. The third-order valence-corrected chi connectivity index (χ3v) is 5.69. The van der Waals surface area contributed by atoms with Gasteiger partial charge in [0.25, 0.3) is 0 Å². The van der Waals surface area contributed by atoms with Crippen molar-refractivity contribution in [2.75, 3.05) is 13.2 Å². The summed E-state index contributed by atoms with van der Waals surface area (Å²) in [5, 5.41) is 9.70. The van der Waals surface area contributed by atoms with E-state index in [4.69, 9.17) is 11.6 Å². The van der Waals surface area contributed by atoms with Crippen LogP contribution in [0.25, 0.3) is 0 Å². The summed E-state index contributed by atoms with van der Waals surface area (Å²) in [5.41, 5.74) is 0. The monoisotopic (exact) mass is 304 g/mol. The highest BCUT2D eigenvalue weighted by Crippen LogP contribution is 2.28. The number of rotatable bonds is 3. The van der Waals surface area contributed by atoms with E-state index in [-0.39, 0.29) is 28.6 Å². The highest BCUT2D eigenvalue weighted by molar-refractivity contribution is 7.89. The predicted molar refractivity (Wildman–Crippen MR) is 72.4 cm³/mol. The molecule has 2 unspecified atom stereocenters. The lowest BCUT2D eigenvalue weighted by molar-refractivity contribution is 0.113. The Bertz CT molecular complexity index is 532. The van der Waals surface area contributed by atoms with Crippen LogP contribution in [0.1, 0.15) is 19.8 Å². The zero-order valence-electron chi connectivity index (χ0n) is 10.7. The summed E-state index contributed by atoms with van der Waals surface area (Å²) in [7, 11) is -3.62. The van der Waals surface area contributed by atoms with Crippen molar-refractivity contribution in [3.63, 3.8) is 0 Å². The maximum absolute atomic E-state index is 12.5. The fourth-order valence-corrected chi connectivity index (χ4v) is 4.24. The Kier molecular flexibility index (Phi) is 4.45. The average Bonchev–Trinajstić information content (AvgIpc) is 2.39. The van der Waals surface area contributed by atoms with E-state index in [2.05, 4.69) is 4.98 Å². The molecule has 19 heavy (non-hydrogen) atoms. The second-order valence-electron chi connectivity index (χ2n) is 4.80. The van der Waals surface area contributed by atoms with Gasteiger partial charge in [0.05, 0.1) is 12.6 Å². The van der Waals surface area contributed by atoms with Crippen LogP contribution in [0.5, 0.6) is 0 Å². The van der Waals surface area contributed by atoms with Gasteiger partial charge in [-0.15, -0.1) is 0 Å². The van der Waals surface area contributed by atoms with E-state index in [9.17, 15) is 13.5 Å². The van der Waals surface area contributed by atoms with E-state index in [1.54, 1.807) is 0 Å². The molecule has 7 heteroatoms. The first-order valence-corrected chi connectivity index (χ1v) is 8.03. The number of hydrogen-bond acceptors (Lipinski definition) is 4. The summed E-state index contributed by atoms with van der Waals surface area (Å²) in [6.07, 6.45) is 2.99. The summed E-state index contributed by atoms with van der Waals surface area (Å²) in [6, 6.07) is 2.53. The molecule has 2 heterocycles. The van der Waals surface area contributed by atoms with Crippen LogP contribution < -0.4 is 0 Å². The zero-order valence-corrected chi connectivity index (χ0v) is 12.2. The molecule has 1 aromatic rings. The molecule has 1 N–H and O–H groups in total. The van der Waals surface area contributed by atoms with Gasteiger partial charge in [-0.25, -0.2) is 13.4 Å². The van der Waals surface area contributed by atoms with Gasteiger partial charge in [-0.3, -0.25) is 0 Å². The van der Waals surface area contributed by atoms with E-state index in [0.29, 0.717) is 6.54 Å². The molecule has 106 valence electrons. The number of nitrogens with zero attached hydrogens (tertiary/aromatic N) is 2. The first kappa shape index (κ1) is 14.7. The molecule has 1 aliphatic heterocycles. The van der Waals surface area contributed by atoms with Gasteiger partial charge in [0.1, 0.15) is 10.0 Å². The second-order valence-corrected chi connectivity index (χ2v) is 7.08. The lowest BCUT2D eigenvalue weighted by atomic mass is 9.93. The molecule has 5 nitrogen and oxygen atoms in total. The standard InChI is InChI=1S/C12H17ClN2O3S/c1-9-3-2-6-15(11(9)8-16)19(17,18)10-4-5-12(13)14-7-10/h4-5,7,9,11,16H,2-3,6,8H2,1H3. The van der Waals surface area contributed by atoms with Crippen LogP contribution in [0.2, 0.25) is 5.15 Å². The van der Waals surface area contributed by atoms with E-state index in [0.717, 1.165) is 12.8 Å². The van der Waals surface area contributed by atoms with Crippen LogP contribution in [-0.4, -0.2) is 42.0 Å². The molecule has 0 radical (unpaired) electrons. The van der Waals surface area contributed by atoms with Gasteiger partial charge in [-0.1, -0.05) is 18.5 Å². The Labute approximate surface area is 118 Å². The Balaban J connectivity index is 2.35. The number of hydrogen-bond donors (Lipinski definition) is 1. The minimum atomic E-state index is -3.62. The highest BCUT2D eigenvalue weighted by atomic mass is 35.5. The summed E-state index contributed by atoms with van der Waals surface area (Å²) in [6.45, 7) is 2.23. The van der Waals surface area contributed by atoms with Gasteiger partial charge in [0, 0.05) is 12.7 Å². The third-order valence-electron chi connectivity index (χ3n) is 3.56. The van der Waals surface area contributed by atoms with E-state index >= 15 is 0 Å². The van der Waals surface area contributed by atoms with E-state index in [1.165, 1.54) is 22.6 Å². The second kappa shape index (κ2) is 5.75. The smallest absolute Gasteiger partial charge is 0.244 e. The maximum atomic E-state index is 12.5. The topological polar surface area (TPSA) is 70.5 Å². The molecule has 1 saturated heterocycles. The normalized spacial score (nSPS) is 25.4. The molecule has 0 amide bonds. The Hall–Kier alpha value is -0.690. The molecular formula is C12H17ClN2O3S. The van der Waals surface area contributed by atoms with Gasteiger partial charge in [0.2, 0.25) is 10.0 Å². The van der Waals surface area contributed by atoms with Crippen LogP contribution in [0.3, 0.4) is 0 Å². The molecule has 0 saturated carbocycles. The van der Waals surface area contributed by atoms with Gasteiger partial charge in [0.15, 0.2) is 0 Å². The van der Waals surface area contributed by atoms with Crippen molar-refractivity contribution in [2.24, 2.45) is 5.92 Å². The predicted octanol–water partition coefficient (Wildman–Crippen LogP) is 1.52. The summed E-state index contributed by atoms with van der Waals surface area (Å²) >= 11 is 5.67. The van der Waals surface area contributed by atoms with Gasteiger partial charge in [-0.05, 0) is 30.9 Å². The van der Waals surface area contributed by atoms with Crippen LogP contribution in [0.15, 0.2) is 23.2 Å². The fourth-order valence-electron chi connectivity index (χ4n) is 2.43. The number of aliphatic hydroxyl groups is 1. The van der Waals surface area contributed by atoms with Crippen LogP contribution >= 0.6 is 11.6 Å². The molecule has 1 fully saturated rings. The van der Waals surface area contributed by atoms with E-state index < -0.39 is 10.0 Å². The summed E-state index contributed by atoms with van der Waals surface area (Å²) < 4.78 is 26.5. The molecule has 2 atom stereocenters. The molecule has 0 aromatic carbocycles. The Morgan fingerprint density at radius 1 is 1.53 bits per heavy atom. The number of aromatic nitrogens is 1. The van der Waals surface area contributed by atoms with Crippen molar-refractivity contribution < 1.29 is 13.5 Å². The van der Waals surface area contributed by atoms with Crippen LogP contribution in [0, 0.1) is 5.92 Å². The van der Waals surface area contributed by atoms with Crippen molar-refractivity contribution in [1.82, 2.24) is 9.29 Å². The lowest BCUT2D eigenvalue weighted by Gasteiger charge is -2.37. The van der Waals surface area contributed by atoms with E-state index in [1.807, 2.05) is 6.92 Å². The molecule has 1 aromatic heterocycles. The third kappa shape index (κ3) is 2.91. The Morgan fingerprint density at radius 2 is 2.26 bits per heavy atom. The van der Waals surface area contributed by atoms with Crippen molar-refractivity contribution in [1.29, 1.82) is 0 Å². The molecule has 0 aliphatic carbocycles. The minimum Gasteiger partial charge on any atom is -0.395 e. The van der Waals surface area contributed by atoms with Gasteiger partial charge < -0.3 is 5.11 Å². The van der Waals surface area contributed by atoms with Crippen molar-refractivity contribution >= 4 is 21.6 Å². The van der Waals surface area contributed by atoms with Crippen molar-refractivity contribution in [2.45, 2.75) is 30.7 Å². The number of halogens is 1. The first-order valence-electron chi connectivity index (χ1n) is 6.21. The summed E-state index contributed by atoms with van der Waals surface area (Å²) in [4.78, 5) is 3.92. The maximum Gasteiger partial charge on any atom is 0.244 e. The molecule has 0 spiro atoms. The van der Waals surface area contributed by atoms with Gasteiger partial charge >= 0.3 is 0 Å². The quantitative estimate of drug-likeness (QED) is 0.860. The van der Waals surface area contributed by atoms with Crippen molar-refractivity contribution in [3.05, 3.63) is 23.5 Å². The minimum absolute atomic E-state index is 0.115. The Morgan fingerprint density at radius 3 is 2.84 bits per heavy atom. The number of aliphatic hydroxyl groups excluding tert-OH is 1. The van der Waals surface area contributed by atoms with Crippen LogP contribution in [0.4, 0.5) is 0 Å². The highest BCUT2D eigenvalue weighted by Gasteiger charge is 2.36. The lowest BCUT2D eigenvalue weighted by Crippen LogP contribution is -2.49. The molecule has 2 rings (SSSR count). The fraction of sp³-hybridized carbons (Fsp3) is 0.583. The summed E-state index contributed by atoms with van der Waals surface area (Å²) in [5.74, 6) is 0.147. The number of pyridine rings is 1. The van der Waals surface area contributed by atoms with Gasteiger partial charge in [-0.2, -0.15) is 4.31 Å².